The van der Waals surface area contributed by atoms with Gasteiger partial charge in [-0.2, -0.15) is 0 Å². The van der Waals surface area contributed by atoms with Crippen LogP contribution in [0.15, 0.2) is 34.8 Å². The average molecular weight is 374 g/mol. The van der Waals surface area contributed by atoms with E-state index in [0.717, 1.165) is 34.4 Å². The third-order valence-corrected chi connectivity index (χ3v) is 4.74. The minimum absolute atomic E-state index is 0.0210. The zero-order valence-electron chi connectivity index (χ0n) is 13.6. The first-order chi connectivity index (χ1) is 10.9. The van der Waals surface area contributed by atoms with Gasteiger partial charge in [0, 0.05) is 22.2 Å². The van der Waals surface area contributed by atoms with Gasteiger partial charge in [-0.25, -0.2) is 9.97 Å². The quantitative estimate of drug-likeness (QED) is 0.866. The first kappa shape index (κ1) is 16.1. The first-order valence-corrected chi connectivity index (χ1v) is 8.63. The number of carbonyl (C=O) groups excluding carboxylic acids is 1. The molecular weight excluding hydrogens is 354 g/mol. The van der Waals surface area contributed by atoms with E-state index < -0.39 is 5.41 Å². The van der Waals surface area contributed by atoms with Crippen molar-refractivity contribution in [1.29, 1.82) is 0 Å². The van der Waals surface area contributed by atoms with Crippen molar-refractivity contribution in [3.63, 3.8) is 0 Å². The second kappa shape index (κ2) is 6.04. The zero-order chi connectivity index (χ0) is 16.6. The zero-order valence-corrected chi connectivity index (χ0v) is 15.1. The second-order valence-corrected chi connectivity index (χ2v) is 7.37. The van der Waals surface area contributed by atoms with Gasteiger partial charge < -0.3 is 5.32 Å². The molecule has 0 aliphatic heterocycles. The Morgan fingerprint density at radius 2 is 1.87 bits per heavy atom. The maximum atomic E-state index is 12.8. The third-order valence-electron chi connectivity index (χ3n) is 4.21. The SMILES string of the molecule is Cc1cc(NC(=O)C2(c3ccc(Br)cc3)CC2)nc(C(C)C)n1. The normalized spacial score (nSPS) is 15.5. The molecule has 0 saturated heterocycles. The molecular formula is C18H20BrN3O. The lowest BCUT2D eigenvalue weighted by Gasteiger charge is -2.16. The Morgan fingerprint density at radius 1 is 1.22 bits per heavy atom. The minimum atomic E-state index is -0.405. The monoisotopic (exact) mass is 373 g/mol. The van der Waals surface area contributed by atoms with Crippen LogP contribution in [0.2, 0.25) is 0 Å². The highest BCUT2D eigenvalue weighted by Gasteiger charge is 2.51. The van der Waals surface area contributed by atoms with Crippen molar-refractivity contribution in [3.8, 4) is 0 Å². The van der Waals surface area contributed by atoms with E-state index in [1.807, 2.05) is 51.1 Å². The van der Waals surface area contributed by atoms with Crippen molar-refractivity contribution in [1.82, 2.24) is 9.97 Å². The lowest BCUT2D eigenvalue weighted by Crippen LogP contribution is -2.28. The lowest BCUT2D eigenvalue weighted by molar-refractivity contribution is -0.118. The van der Waals surface area contributed by atoms with Crippen LogP contribution in [0, 0.1) is 6.92 Å². The van der Waals surface area contributed by atoms with Gasteiger partial charge in [0.05, 0.1) is 5.41 Å². The number of aromatic nitrogens is 2. The van der Waals surface area contributed by atoms with Gasteiger partial charge >= 0.3 is 0 Å². The maximum Gasteiger partial charge on any atom is 0.236 e. The summed E-state index contributed by atoms with van der Waals surface area (Å²) < 4.78 is 1.02. The molecule has 23 heavy (non-hydrogen) atoms. The number of hydrogen-bond donors (Lipinski definition) is 1. The Labute approximate surface area is 144 Å². The van der Waals surface area contributed by atoms with Crippen LogP contribution in [0.4, 0.5) is 5.82 Å². The topological polar surface area (TPSA) is 54.9 Å². The third kappa shape index (κ3) is 3.29. The lowest BCUT2D eigenvalue weighted by atomic mass is 9.95. The molecule has 1 fully saturated rings. The molecule has 1 aliphatic carbocycles. The molecule has 120 valence electrons. The fourth-order valence-electron chi connectivity index (χ4n) is 2.69. The van der Waals surface area contributed by atoms with Gasteiger partial charge in [0.2, 0.25) is 5.91 Å². The molecule has 0 unspecified atom stereocenters. The summed E-state index contributed by atoms with van der Waals surface area (Å²) in [5.41, 5.74) is 1.53. The van der Waals surface area contributed by atoms with E-state index in [0.29, 0.717) is 5.82 Å². The summed E-state index contributed by atoms with van der Waals surface area (Å²) in [4.78, 5) is 21.7. The summed E-state index contributed by atoms with van der Waals surface area (Å²) in [7, 11) is 0. The van der Waals surface area contributed by atoms with Gasteiger partial charge in [0.15, 0.2) is 0 Å². The minimum Gasteiger partial charge on any atom is -0.310 e. The molecule has 0 radical (unpaired) electrons. The van der Waals surface area contributed by atoms with Crippen LogP contribution in [0.5, 0.6) is 0 Å². The summed E-state index contributed by atoms with van der Waals surface area (Å²) in [6.07, 6.45) is 1.75. The number of amides is 1. The number of nitrogens with zero attached hydrogens (tertiary/aromatic N) is 2. The number of aryl methyl sites for hydroxylation is 1. The van der Waals surface area contributed by atoms with Gasteiger partial charge in [-0.15, -0.1) is 0 Å². The molecule has 4 nitrogen and oxygen atoms in total. The van der Waals surface area contributed by atoms with Crippen molar-refractivity contribution in [2.45, 2.75) is 44.9 Å². The highest BCUT2D eigenvalue weighted by Crippen LogP contribution is 2.49. The van der Waals surface area contributed by atoms with Gasteiger partial charge in [-0.3, -0.25) is 4.79 Å². The predicted molar refractivity (Wildman–Crippen MR) is 94.5 cm³/mol. The Morgan fingerprint density at radius 3 is 2.43 bits per heavy atom. The van der Waals surface area contributed by atoms with Gasteiger partial charge in [-0.05, 0) is 37.5 Å². The highest BCUT2D eigenvalue weighted by atomic mass is 79.9. The fourth-order valence-corrected chi connectivity index (χ4v) is 2.95. The number of rotatable bonds is 4. The molecule has 1 aromatic carbocycles. The van der Waals surface area contributed by atoms with Crippen molar-refractivity contribution < 1.29 is 4.79 Å². The fraction of sp³-hybridized carbons (Fsp3) is 0.389. The van der Waals surface area contributed by atoms with Crippen molar-refractivity contribution in [2.24, 2.45) is 0 Å². The van der Waals surface area contributed by atoms with Gasteiger partial charge in [0.25, 0.3) is 0 Å². The molecule has 2 aromatic rings. The molecule has 5 heteroatoms. The second-order valence-electron chi connectivity index (χ2n) is 6.45. The number of hydrogen-bond acceptors (Lipinski definition) is 3. The summed E-state index contributed by atoms with van der Waals surface area (Å²) >= 11 is 3.44. The largest absolute Gasteiger partial charge is 0.310 e. The van der Waals surface area contributed by atoms with E-state index >= 15 is 0 Å². The van der Waals surface area contributed by atoms with Gasteiger partial charge in [0.1, 0.15) is 11.6 Å². The van der Waals surface area contributed by atoms with Crippen LogP contribution in [0.3, 0.4) is 0 Å². The van der Waals surface area contributed by atoms with E-state index in [-0.39, 0.29) is 11.8 Å². The van der Waals surface area contributed by atoms with Crippen LogP contribution >= 0.6 is 15.9 Å². The molecule has 0 bridgehead atoms. The van der Waals surface area contributed by atoms with Crippen LogP contribution in [0.1, 0.15) is 49.7 Å². The molecule has 1 heterocycles. The van der Waals surface area contributed by atoms with E-state index in [2.05, 4.69) is 31.2 Å². The first-order valence-electron chi connectivity index (χ1n) is 7.84. The Bertz CT molecular complexity index is 736. The number of carbonyl (C=O) groups is 1. The highest BCUT2D eigenvalue weighted by molar-refractivity contribution is 9.10. The van der Waals surface area contributed by atoms with Crippen molar-refractivity contribution in [2.75, 3.05) is 5.32 Å². The van der Waals surface area contributed by atoms with E-state index in [4.69, 9.17) is 0 Å². The number of anilines is 1. The summed E-state index contributed by atoms with van der Waals surface area (Å²) in [6, 6.07) is 9.81. The summed E-state index contributed by atoms with van der Waals surface area (Å²) in [5.74, 6) is 1.60. The molecule has 1 aromatic heterocycles. The number of nitrogens with one attached hydrogen (secondary N) is 1. The standard InChI is InChI=1S/C18H20BrN3O/c1-11(2)16-20-12(3)10-15(21-16)22-17(23)18(8-9-18)13-4-6-14(19)7-5-13/h4-7,10-11H,8-9H2,1-3H3,(H,20,21,22,23). The number of benzene rings is 1. The smallest absolute Gasteiger partial charge is 0.236 e. The van der Waals surface area contributed by atoms with Crippen LogP contribution < -0.4 is 5.32 Å². The van der Waals surface area contributed by atoms with E-state index in [9.17, 15) is 4.79 Å². The predicted octanol–water partition coefficient (Wildman–Crippen LogP) is 4.34. The Kier molecular flexibility index (Phi) is 4.23. The summed E-state index contributed by atoms with van der Waals surface area (Å²) in [5, 5.41) is 2.99. The average Bonchev–Trinajstić information content (AvgIpc) is 3.29. The molecule has 1 aliphatic rings. The van der Waals surface area contributed by atoms with Gasteiger partial charge in [-0.1, -0.05) is 41.9 Å². The van der Waals surface area contributed by atoms with E-state index in [1.54, 1.807) is 0 Å². The molecule has 1 amide bonds. The Balaban J connectivity index is 1.83. The molecule has 0 atom stereocenters. The molecule has 0 spiro atoms. The van der Waals surface area contributed by atoms with Crippen LogP contribution in [0.25, 0.3) is 0 Å². The molecule has 1 saturated carbocycles. The van der Waals surface area contributed by atoms with Crippen LogP contribution in [-0.4, -0.2) is 15.9 Å². The van der Waals surface area contributed by atoms with Crippen molar-refractivity contribution in [3.05, 3.63) is 51.9 Å². The maximum absolute atomic E-state index is 12.8. The van der Waals surface area contributed by atoms with E-state index in [1.165, 1.54) is 0 Å². The molecule has 3 rings (SSSR count). The number of halogens is 1. The summed E-state index contributed by atoms with van der Waals surface area (Å²) in [6.45, 7) is 6.01. The van der Waals surface area contributed by atoms with Crippen LogP contribution in [-0.2, 0) is 10.2 Å². The Hall–Kier alpha value is -1.75. The van der Waals surface area contributed by atoms with Crippen molar-refractivity contribution >= 4 is 27.7 Å². The molecule has 1 N–H and O–H groups in total.